The third kappa shape index (κ3) is 18.0. The van der Waals surface area contributed by atoms with Crippen molar-refractivity contribution in [3.05, 3.63) is 0 Å². The van der Waals surface area contributed by atoms with Gasteiger partial charge in [-0.3, -0.25) is 0 Å². The van der Waals surface area contributed by atoms with E-state index in [0.717, 1.165) is 6.54 Å². The maximum Gasteiger partial charge on any atom is 0.122 e. The fourth-order valence-electron chi connectivity index (χ4n) is 2.64. The lowest BCUT2D eigenvalue weighted by Gasteiger charge is -2.03. The maximum atomic E-state index is 7.28. The summed E-state index contributed by atoms with van der Waals surface area (Å²) in [7, 11) is 1.84. The Morgan fingerprint density at radius 2 is 0.895 bits per heavy atom. The SMILES string of the molecule is [2H]N(C)CCCCCCCCCCCCCCCCC. The Balaban J connectivity index is 2.92. The van der Waals surface area contributed by atoms with Crippen LogP contribution < -0.4 is 5.31 Å². The topological polar surface area (TPSA) is 12.0 Å². The van der Waals surface area contributed by atoms with Gasteiger partial charge in [-0.05, 0) is 20.0 Å². The second kappa shape index (κ2) is 18.0. The molecule has 0 aromatic carbocycles. The van der Waals surface area contributed by atoms with Crippen molar-refractivity contribution >= 4 is 0 Å². The van der Waals surface area contributed by atoms with E-state index in [1.807, 2.05) is 7.05 Å². The minimum Gasteiger partial charge on any atom is -0.320 e. The molecule has 1 N–H and O–H groups in total. The molecule has 0 aliphatic carbocycles. The number of nitrogens with one attached hydrogen (secondary N) is 1. The van der Waals surface area contributed by atoms with Gasteiger partial charge in [0.2, 0.25) is 0 Å². The van der Waals surface area contributed by atoms with E-state index in [4.69, 9.17) is 1.41 Å². The zero-order valence-corrected chi connectivity index (χ0v) is 13.8. The van der Waals surface area contributed by atoms with Crippen molar-refractivity contribution in [2.75, 3.05) is 13.6 Å². The highest BCUT2D eigenvalue weighted by atomic mass is 14.8. The molecule has 0 saturated heterocycles. The molecular formula is C18H39N. The lowest BCUT2D eigenvalue weighted by atomic mass is 10.0. The molecule has 0 rings (SSSR count). The van der Waals surface area contributed by atoms with Crippen LogP contribution in [0, 0.1) is 0 Å². The fourth-order valence-corrected chi connectivity index (χ4v) is 2.64. The standard InChI is InChI=1S/C18H39N/c1-3-4-5-6-7-8-9-10-11-12-13-14-15-16-17-18-19-2/h19H,3-18H2,1-2H3/i/hD. The first-order chi connectivity index (χ1) is 9.77. The minimum absolute atomic E-state index is 0.929. The molecular weight excluding hydrogens is 230 g/mol. The molecule has 0 aliphatic rings. The molecule has 0 heterocycles. The van der Waals surface area contributed by atoms with Crippen LogP contribution in [0.15, 0.2) is 0 Å². The average Bonchev–Trinajstić information content (AvgIpc) is 2.43. The molecule has 0 aromatic heterocycles. The van der Waals surface area contributed by atoms with E-state index in [0.29, 0.717) is 0 Å². The Morgan fingerprint density at radius 3 is 1.21 bits per heavy atom. The van der Waals surface area contributed by atoms with Gasteiger partial charge in [0, 0.05) is 0 Å². The largest absolute Gasteiger partial charge is 0.320 e. The van der Waals surface area contributed by atoms with E-state index in [1.165, 1.54) is 96.3 Å². The third-order valence-electron chi connectivity index (χ3n) is 3.99. The number of rotatable bonds is 16. The first-order valence-electron chi connectivity index (χ1n) is 9.42. The zero-order valence-electron chi connectivity index (χ0n) is 14.8. The van der Waals surface area contributed by atoms with Crippen LogP contribution >= 0.6 is 0 Å². The lowest BCUT2D eigenvalue weighted by molar-refractivity contribution is 0.530. The summed E-state index contributed by atoms with van der Waals surface area (Å²) in [6.07, 6.45) is 21.1. The molecule has 0 aromatic rings. The van der Waals surface area contributed by atoms with Gasteiger partial charge in [-0.15, -0.1) is 0 Å². The molecule has 1 heteroatoms. The van der Waals surface area contributed by atoms with Crippen molar-refractivity contribution in [1.82, 2.24) is 5.31 Å². The summed E-state index contributed by atoms with van der Waals surface area (Å²) in [5, 5.41) is 1.54. The molecule has 0 amide bonds. The first kappa shape index (κ1) is 17.0. The second-order valence-corrected chi connectivity index (χ2v) is 5.99. The van der Waals surface area contributed by atoms with E-state index < -0.39 is 0 Å². The molecule has 0 atom stereocenters. The van der Waals surface area contributed by atoms with Crippen LogP contribution in [-0.2, 0) is 0 Å². The summed E-state index contributed by atoms with van der Waals surface area (Å²) < 4.78 is 7.28. The number of hydrogen-bond acceptors (Lipinski definition) is 1. The van der Waals surface area contributed by atoms with Gasteiger partial charge in [0.1, 0.15) is 1.41 Å². The predicted octanol–water partition coefficient (Wildman–Crippen LogP) is 6.08. The van der Waals surface area contributed by atoms with Crippen LogP contribution in [-0.4, -0.2) is 13.6 Å². The second-order valence-electron chi connectivity index (χ2n) is 5.99. The number of hydrogen-bond donors (Lipinski definition) is 1. The van der Waals surface area contributed by atoms with Gasteiger partial charge >= 0.3 is 0 Å². The normalized spacial score (nSPS) is 12.1. The van der Waals surface area contributed by atoms with Gasteiger partial charge in [0.15, 0.2) is 0 Å². The molecule has 0 saturated carbocycles. The van der Waals surface area contributed by atoms with Crippen molar-refractivity contribution in [3.8, 4) is 0 Å². The Morgan fingerprint density at radius 1 is 0.579 bits per heavy atom. The van der Waals surface area contributed by atoms with Crippen LogP contribution in [0.3, 0.4) is 0 Å². The van der Waals surface area contributed by atoms with Crippen LogP contribution in [0.4, 0.5) is 0 Å². The molecule has 0 fully saturated rings. The third-order valence-corrected chi connectivity index (χ3v) is 3.99. The highest BCUT2D eigenvalue weighted by Gasteiger charge is 1.93. The Kier molecular flexibility index (Phi) is 16.1. The highest BCUT2D eigenvalue weighted by molar-refractivity contribution is 4.50. The monoisotopic (exact) mass is 270 g/mol. The van der Waals surface area contributed by atoms with E-state index >= 15 is 0 Å². The van der Waals surface area contributed by atoms with Gasteiger partial charge in [0.05, 0.1) is 0 Å². The molecule has 0 bridgehead atoms. The highest BCUT2D eigenvalue weighted by Crippen LogP contribution is 2.13. The fraction of sp³-hybridized carbons (Fsp3) is 1.00. The van der Waals surface area contributed by atoms with Crippen LogP contribution in [0.25, 0.3) is 0 Å². The molecule has 1 nitrogen and oxygen atoms in total. The summed E-state index contributed by atoms with van der Waals surface area (Å²) in [6.45, 7) is 3.21. The summed E-state index contributed by atoms with van der Waals surface area (Å²) in [5.41, 5.74) is 0. The van der Waals surface area contributed by atoms with Crippen molar-refractivity contribution in [2.24, 2.45) is 0 Å². The van der Waals surface area contributed by atoms with Gasteiger partial charge < -0.3 is 5.31 Å². The summed E-state index contributed by atoms with van der Waals surface area (Å²) in [5.74, 6) is 0. The predicted molar refractivity (Wildman–Crippen MR) is 88.9 cm³/mol. The summed E-state index contributed by atoms with van der Waals surface area (Å²) in [6, 6.07) is 0. The van der Waals surface area contributed by atoms with Gasteiger partial charge in [-0.2, -0.15) is 0 Å². The Labute approximate surface area is 124 Å². The van der Waals surface area contributed by atoms with Crippen molar-refractivity contribution in [1.29, 1.82) is 0 Å². The van der Waals surface area contributed by atoms with Gasteiger partial charge in [-0.25, -0.2) is 0 Å². The van der Waals surface area contributed by atoms with E-state index in [1.54, 1.807) is 5.31 Å². The molecule has 0 spiro atoms. The minimum atomic E-state index is 0.929. The van der Waals surface area contributed by atoms with Crippen LogP contribution in [0.5, 0.6) is 0 Å². The van der Waals surface area contributed by atoms with Crippen LogP contribution in [0.2, 0.25) is 1.41 Å². The molecule has 116 valence electrons. The lowest BCUT2D eigenvalue weighted by Crippen LogP contribution is -2.06. The van der Waals surface area contributed by atoms with E-state index in [-0.39, 0.29) is 0 Å². The molecule has 0 aliphatic heterocycles. The summed E-state index contributed by atoms with van der Waals surface area (Å²) >= 11 is 0. The van der Waals surface area contributed by atoms with Crippen molar-refractivity contribution in [2.45, 2.75) is 103 Å². The maximum absolute atomic E-state index is 7.28. The quantitative estimate of drug-likeness (QED) is 0.335. The number of unbranched alkanes of at least 4 members (excludes halogenated alkanes) is 14. The average molecular weight is 271 g/mol. The molecule has 0 radical (unpaired) electrons. The Bertz CT molecular complexity index is 171. The zero-order chi connectivity index (χ0) is 14.9. The Hall–Kier alpha value is -0.0400. The molecule has 0 unspecified atom stereocenters. The molecule has 19 heavy (non-hydrogen) atoms. The summed E-state index contributed by atoms with van der Waals surface area (Å²) in [4.78, 5) is 0. The van der Waals surface area contributed by atoms with Gasteiger partial charge in [0.25, 0.3) is 0 Å². The van der Waals surface area contributed by atoms with Gasteiger partial charge in [-0.1, -0.05) is 96.8 Å². The smallest absolute Gasteiger partial charge is 0.122 e. The van der Waals surface area contributed by atoms with Crippen molar-refractivity contribution in [3.63, 3.8) is 0 Å². The first-order valence-corrected chi connectivity index (χ1v) is 8.97. The van der Waals surface area contributed by atoms with E-state index in [2.05, 4.69) is 6.92 Å². The van der Waals surface area contributed by atoms with E-state index in [9.17, 15) is 0 Å². The van der Waals surface area contributed by atoms with Crippen LogP contribution in [0.1, 0.15) is 103 Å². The van der Waals surface area contributed by atoms with Crippen molar-refractivity contribution < 1.29 is 1.41 Å².